The molecule has 1 amide bonds. The quantitative estimate of drug-likeness (QED) is 0.637. The third-order valence-electron chi connectivity index (χ3n) is 3.81. The van der Waals surface area contributed by atoms with E-state index in [1.807, 2.05) is 0 Å². The molecule has 0 saturated carbocycles. The van der Waals surface area contributed by atoms with Gasteiger partial charge in [0.25, 0.3) is 5.91 Å². The van der Waals surface area contributed by atoms with Gasteiger partial charge in [0.15, 0.2) is 11.6 Å². The number of hydrogen-bond donors (Lipinski definition) is 0. The van der Waals surface area contributed by atoms with Crippen molar-refractivity contribution in [3.05, 3.63) is 51.5 Å². The predicted molar refractivity (Wildman–Crippen MR) is 98.4 cm³/mol. The van der Waals surface area contributed by atoms with Crippen LogP contribution in [-0.4, -0.2) is 35.4 Å². The topological polar surface area (TPSA) is 59.5 Å². The number of methoxy groups -OCH3 is 1. The summed E-state index contributed by atoms with van der Waals surface area (Å²) in [5, 5.41) is 2.53. The second-order valence-electron chi connectivity index (χ2n) is 6.53. The highest BCUT2D eigenvalue weighted by Crippen LogP contribution is 2.18. The molecule has 146 valence electrons. The van der Waals surface area contributed by atoms with E-state index in [-0.39, 0.29) is 31.1 Å². The highest BCUT2D eigenvalue weighted by atomic mass is 32.1. The molecule has 0 radical (unpaired) electrons. The summed E-state index contributed by atoms with van der Waals surface area (Å²) in [7, 11) is 1.27. The van der Waals surface area contributed by atoms with Gasteiger partial charge in [0.1, 0.15) is 5.69 Å². The lowest BCUT2D eigenvalue weighted by Gasteiger charge is -2.21. The molecule has 0 saturated heterocycles. The number of halogens is 2. The smallest absolute Gasteiger partial charge is 0.307 e. The number of thiazole rings is 1. The second-order valence-corrected chi connectivity index (χ2v) is 7.47. The molecule has 0 N–H and O–H groups in total. The molecule has 1 aromatic heterocycles. The van der Waals surface area contributed by atoms with Gasteiger partial charge in [0, 0.05) is 24.9 Å². The molecule has 27 heavy (non-hydrogen) atoms. The summed E-state index contributed by atoms with van der Waals surface area (Å²) in [5.41, 5.74) is 0.702. The molecule has 0 fully saturated rings. The Morgan fingerprint density at radius 2 is 2.00 bits per heavy atom. The molecule has 0 atom stereocenters. The maximum absolute atomic E-state index is 13.5. The number of ether oxygens (including phenoxy) is 1. The first-order valence-corrected chi connectivity index (χ1v) is 9.42. The van der Waals surface area contributed by atoms with Gasteiger partial charge >= 0.3 is 5.97 Å². The molecule has 2 rings (SSSR count). The van der Waals surface area contributed by atoms with Gasteiger partial charge in [-0.2, -0.15) is 0 Å². The average molecular weight is 396 g/mol. The number of carbonyl (C=O) groups excluding carboxylic acids is 2. The van der Waals surface area contributed by atoms with Crippen molar-refractivity contribution in [2.45, 2.75) is 33.2 Å². The molecule has 1 aromatic carbocycles. The maximum Gasteiger partial charge on any atom is 0.307 e. The normalized spacial score (nSPS) is 10.9. The van der Waals surface area contributed by atoms with E-state index in [9.17, 15) is 18.4 Å². The van der Waals surface area contributed by atoms with Crippen molar-refractivity contribution in [1.82, 2.24) is 9.88 Å². The first-order chi connectivity index (χ1) is 12.8. The van der Waals surface area contributed by atoms with Gasteiger partial charge in [0.05, 0.1) is 18.5 Å². The molecule has 2 aromatic rings. The highest BCUT2D eigenvalue weighted by Gasteiger charge is 2.21. The summed E-state index contributed by atoms with van der Waals surface area (Å²) in [5.74, 6) is -2.35. The van der Waals surface area contributed by atoms with Crippen LogP contribution in [0.15, 0.2) is 23.6 Å². The molecule has 0 bridgehead atoms. The van der Waals surface area contributed by atoms with E-state index in [0.717, 1.165) is 23.6 Å². The van der Waals surface area contributed by atoms with Crippen molar-refractivity contribution in [3.8, 4) is 0 Å². The van der Waals surface area contributed by atoms with E-state index in [2.05, 4.69) is 23.6 Å². The molecule has 1 heterocycles. The summed E-state index contributed by atoms with van der Waals surface area (Å²) >= 11 is 1.40. The minimum absolute atomic E-state index is 0.00505. The number of esters is 1. The molecule has 0 aliphatic rings. The zero-order valence-corrected chi connectivity index (χ0v) is 16.3. The lowest BCUT2D eigenvalue weighted by molar-refractivity contribution is -0.140. The van der Waals surface area contributed by atoms with Crippen LogP contribution < -0.4 is 0 Å². The highest BCUT2D eigenvalue weighted by molar-refractivity contribution is 7.09. The maximum atomic E-state index is 13.5. The van der Waals surface area contributed by atoms with Crippen molar-refractivity contribution in [1.29, 1.82) is 0 Å². The zero-order chi connectivity index (χ0) is 20.0. The van der Waals surface area contributed by atoms with Gasteiger partial charge in [0.2, 0.25) is 0 Å². The predicted octanol–water partition coefficient (Wildman–Crippen LogP) is 3.83. The largest absolute Gasteiger partial charge is 0.469 e. The summed E-state index contributed by atoms with van der Waals surface area (Å²) < 4.78 is 31.2. The lowest BCUT2D eigenvalue weighted by Crippen LogP contribution is -2.33. The van der Waals surface area contributed by atoms with Crippen LogP contribution in [0, 0.1) is 17.6 Å². The van der Waals surface area contributed by atoms with Crippen molar-refractivity contribution in [3.63, 3.8) is 0 Å². The fraction of sp³-hybridized carbons (Fsp3) is 0.421. The fourth-order valence-electron chi connectivity index (χ4n) is 2.45. The summed E-state index contributed by atoms with van der Waals surface area (Å²) in [6.45, 7) is 4.24. The van der Waals surface area contributed by atoms with Crippen LogP contribution in [0.5, 0.6) is 0 Å². The van der Waals surface area contributed by atoms with Crippen LogP contribution in [0.3, 0.4) is 0 Å². The van der Waals surface area contributed by atoms with Crippen molar-refractivity contribution in [2.75, 3.05) is 13.7 Å². The zero-order valence-electron chi connectivity index (χ0n) is 15.5. The minimum Gasteiger partial charge on any atom is -0.469 e. The van der Waals surface area contributed by atoms with Crippen LogP contribution in [-0.2, 0) is 22.5 Å². The minimum atomic E-state index is -0.985. The Bertz CT molecular complexity index is 808. The third kappa shape index (κ3) is 6.09. The molecular weight excluding hydrogens is 374 g/mol. The molecule has 0 aliphatic carbocycles. The SMILES string of the molecule is COC(=O)CCN(Cc1ccc(F)c(F)c1)C(=O)c1csc(CC(C)C)n1. The van der Waals surface area contributed by atoms with Gasteiger partial charge < -0.3 is 9.64 Å². The number of aromatic nitrogens is 1. The van der Waals surface area contributed by atoms with E-state index in [0.29, 0.717) is 11.5 Å². The van der Waals surface area contributed by atoms with Gasteiger partial charge in [-0.05, 0) is 23.6 Å². The van der Waals surface area contributed by atoms with Crippen molar-refractivity contribution < 1.29 is 23.1 Å². The molecule has 0 unspecified atom stereocenters. The average Bonchev–Trinajstić information content (AvgIpc) is 3.08. The van der Waals surface area contributed by atoms with Crippen LogP contribution in [0.25, 0.3) is 0 Å². The summed E-state index contributed by atoms with van der Waals surface area (Å²) in [6, 6.07) is 3.46. The molecular formula is C19H22F2N2O3S. The Balaban J connectivity index is 2.19. The van der Waals surface area contributed by atoms with Crippen molar-refractivity contribution >= 4 is 23.2 Å². The summed E-state index contributed by atoms with van der Waals surface area (Å²) in [4.78, 5) is 30.1. The van der Waals surface area contributed by atoms with Crippen LogP contribution in [0.4, 0.5) is 8.78 Å². The number of nitrogens with zero attached hydrogens (tertiary/aromatic N) is 2. The Morgan fingerprint density at radius 3 is 2.63 bits per heavy atom. The summed E-state index contributed by atoms with van der Waals surface area (Å²) in [6.07, 6.45) is 0.762. The van der Waals surface area contributed by atoms with Crippen LogP contribution in [0.1, 0.15) is 41.3 Å². The Labute approximate surface area is 161 Å². The van der Waals surface area contributed by atoms with E-state index in [1.54, 1.807) is 5.38 Å². The number of rotatable bonds is 8. The van der Waals surface area contributed by atoms with Gasteiger partial charge in [-0.3, -0.25) is 9.59 Å². The molecule has 8 heteroatoms. The van der Waals surface area contributed by atoms with Crippen LogP contribution in [0.2, 0.25) is 0 Å². The van der Waals surface area contributed by atoms with Gasteiger partial charge in [-0.15, -0.1) is 11.3 Å². The Morgan fingerprint density at radius 1 is 1.26 bits per heavy atom. The number of amides is 1. The molecule has 0 aliphatic heterocycles. The third-order valence-corrected chi connectivity index (χ3v) is 4.68. The van der Waals surface area contributed by atoms with Gasteiger partial charge in [-0.1, -0.05) is 19.9 Å². The number of hydrogen-bond acceptors (Lipinski definition) is 5. The molecule has 5 nitrogen and oxygen atoms in total. The molecule has 0 spiro atoms. The Hall–Kier alpha value is -2.35. The van der Waals surface area contributed by atoms with E-state index < -0.39 is 17.6 Å². The van der Waals surface area contributed by atoms with Crippen LogP contribution >= 0.6 is 11.3 Å². The monoisotopic (exact) mass is 396 g/mol. The van der Waals surface area contributed by atoms with Crippen molar-refractivity contribution in [2.24, 2.45) is 5.92 Å². The second kappa shape index (κ2) is 9.55. The van der Waals surface area contributed by atoms with E-state index >= 15 is 0 Å². The Kier molecular flexibility index (Phi) is 7.41. The fourth-order valence-corrected chi connectivity index (χ4v) is 3.43. The van der Waals surface area contributed by atoms with Gasteiger partial charge in [-0.25, -0.2) is 13.8 Å². The lowest BCUT2D eigenvalue weighted by atomic mass is 10.1. The van der Waals surface area contributed by atoms with E-state index in [1.165, 1.54) is 29.4 Å². The standard InChI is InChI=1S/C19H22F2N2O3S/c1-12(2)8-17-22-16(11-27-17)19(25)23(7-6-18(24)26-3)10-13-4-5-14(20)15(21)9-13/h4-5,9,11-12H,6-8,10H2,1-3H3. The number of benzene rings is 1. The first kappa shape index (κ1) is 21.0. The number of carbonyl (C=O) groups is 2. The van der Waals surface area contributed by atoms with E-state index in [4.69, 9.17) is 0 Å². The first-order valence-electron chi connectivity index (χ1n) is 8.54.